The van der Waals surface area contributed by atoms with Crippen LogP contribution in [0, 0.1) is 0 Å². The first-order valence-corrected chi connectivity index (χ1v) is 10.3. The van der Waals surface area contributed by atoms with Gasteiger partial charge in [-0.1, -0.05) is 37.5 Å². The molecule has 2 aliphatic heterocycles. The van der Waals surface area contributed by atoms with Crippen molar-refractivity contribution >= 4 is 17.8 Å². The molecule has 3 N–H and O–H groups in total. The van der Waals surface area contributed by atoms with Crippen molar-refractivity contribution in [2.24, 2.45) is 0 Å². The fourth-order valence-corrected chi connectivity index (χ4v) is 5.16. The average Bonchev–Trinajstić information content (AvgIpc) is 3.10. The summed E-state index contributed by atoms with van der Waals surface area (Å²) in [4.78, 5) is 13.5. The minimum atomic E-state index is -0.733. The molecule has 2 saturated heterocycles. The third-order valence-corrected chi connectivity index (χ3v) is 6.68. The molecule has 0 aromatic heterocycles. The Balaban J connectivity index is 1.39. The van der Waals surface area contributed by atoms with E-state index >= 15 is 0 Å². The molecule has 0 spiro atoms. The van der Waals surface area contributed by atoms with Crippen molar-refractivity contribution in [3.8, 4) is 0 Å². The summed E-state index contributed by atoms with van der Waals surface area (Å²) in [6.07, 6.45) is 4.13. The normalized spacial score (nSPS) is 34.4. The number of carbonyl (C=O) groups is 1. The molecule has 26 heavy (non-hydrogen) atoms. The SMILES string of the molecule is O=C(NC1CCCCC1)N[C@H]1[C@H](O)[C@@H](Sc2ccccc2)[C@@H]2OC[C@H]1O2. The molecule has 0 radical (unpaired) electrons. The quantitative estimate of drug-likeness (QED) is 0.749. The van der Waals surface area contributed by atoms with Gasteiger partial charge < -0.3 is 25.2 Å². The number of urea groups is 1. The van der Waals surface area contributed by atoms with Crippen molar-refractivity contribution in [2.75, 3.05) is 6.61 Å². The molecular weight excluding hydrogens is 352 g/mol. The van der Waals surface area contributed by atoms with Crippen LogP contribution in [0.3, 0.4) is 0 Å². The number of rotatable bonds is 4. The maximum Gasteiger partial charge on any atom is 0.315 e. The van der Waals surface area contributed by atoms with Gasteiger partial charge in [-0.3, -0.25) is 0 Å². The van der Waals surface area contributed by atoms with Gasteiger partial charge in [0, 0.05) is 10.9 Å². The van der Waals surface area contributed by atoms with Crippen molar-refractivity contribution in [2.45, 2.75) is 72.8 Å². The molecule has 1 aliphatic carbocycles. The highest BCUT2D eigenvalue weighted by molar-refractivity contribution is 8.00. The average molecular weight is 378 g/mol. The minimum Gasteiger partial charge on any atom is -0.389 e. The van der Waals surface area contributed by atoms with E-state index in [-0.39, 0.29) is 23.4 Å². The summed E-state index contributed by atoms with van der Waals surface area (Å²) in [6.45, 7) is 0.391. The van der Waals surface area contributed by atoms with Gasteiger partial charge in [-0.25, -0.2) is 4.79 Å². The Morgan fingerprint density at radius 2 is 1.88 bits per heavy atom. The van der Waals surface area contributed by atoms with Crippen LogP contribution in [0.15, 0.2) is 35.2 Å². The molecule has 0 unspecified atom stereocenters. The molecule has 1 aromatic carbocycles. The van der Waals surface area contributed by atoms with E-state index in [0.29, 0.717) is 6.61 Å². The Kier molecular flexibility index (Phi) is 5.69. The minimum absolute atomic E-state index is 0.224. The first kappa shape index (κ1) is 18.1. The summed E-state index contributed by atoms with van der Waals surface area (Å²) in [7, 11) is 0. The lowest BCUT2D eigenvalue weighted by molar-refractivity contribution is -0.121. The molecule has 2 heterocycles. The van der Waals surface area contributed by atoms with Crippen molar-refractivity contribution < 1.29 is 19.4 Å². The number of hydrogen-bond donors (Lipinski definition) is 3. The van der Waals surface area contributed by atoms with Crippen LogP contribution in [-0.2, 0) is 9.47 Å². The predicted octanol–water partition coefficient (Wildman–Crippen LogP) is 2.26. The standard InChI is InChI=1S/C19H26N2O4S/c22-16-15(21-19(23)20-12-7-3-1-4-8-12)14-11-24-18(25-14)17(16)26-13-9-5-2-6-10-13/h2,5-6,9-10,12,14-18,22H,1,3-4,7-8,11H2,(H2,20,21,23)/t14-,15-,16+,17-,18-/m1/s1. The van der Waals surface area contributed by atoms with E-state index in [2.05, 4.69) is 10.6 Å². The molecule has 2 amide bonds. The number of amides is 2. The topological polar surface area (TPSA) is 79.8 Å². The predicted molar refractivity (Wildman–Crippen MR) is 99.0 cm³/mol. The lowest BCUT2D eigenvalue weighted by atomic mass is 9.95. The van der Waals surface area contributed by atoms with Gasteiger partial charge in [0.1, 0.15) is 6.10 Å². The number of hydrogen-bond acceptors (Lipinski definition) is 5. The van der Waals surface area contributed by atoms with Crippen molar-refractivity contribution in [3.63, 3.8) is 0 Å². The lowest BCUT2D eigenvalue weighted by Crippen LogP contribution is -2.61. The Labute approximate surface area is 158 Å². The van der Waals surface area contributed by atoms with Gasteiger partial charge in [-0.15, -0.1) is 11.8 Å². The van der Waals surface area contributed by atoms with Crippen LogP contribution in [0.25, 0.3) is 0 Å². The van der Waals surface area contributed by atoms with Crippen LogP contribution in [0.2, 0.25) is 0 Å². The Morgan fingerprint density at radius 3 is 2.65 bits per heavy atom. The monoisotopic (exact) mass is 378 g/mol. The van der Waals surface area contributed by atoms with E-state index in [4.69, 9.17) is 9.47 Å². The largest absolute Gasteiger partial charge is 0.389 e. The van der Waals surface area contributed by atoms with Crippen molar-refractivity contribution in [3.05, 3.63) is 30.3 Å². The molecule has 1 aromatic rings. The fourth-order valence-electron chi connectivity index (χ4n) is 3.97. The van der Waals surface area contributed by atoms with Crippen LogP contribution in [0.1, 0.15) is 32.1 Å². The van der Waals surface area contributed by atoms with Gasteiger partial charge in [0.2, 0.25) is 0 Å². The van der Waals surface area contributed by atoms with Crippen LogP contribution in [-0.4, -0.2) is 53.6 Å². The molecule has 1 saturated carbocycles. The number of fused-ring (bicyclic) bond motifs is 2. The summed E-state index contributed by atoms with van der Waals surface area (Å²) in [5.41, 5.74) is 0. The molecule has 2 bridgehead atoms. The second-order valence-corrected chi connectivity index (χ2v) is 8.49. The highest BCUT2D eigenvalue weighted by atomic mass is 32.2. The number of nitrogens with one attached hydrogen (secondary N) is 2. The Bertz CT molecular complexity index is 611. The van der Waals surface area contributed by atoms with Crippen molar-refractivity contribution in [1.29, 1.82) is 0 Å². The van der Waals surface area contributed by atoms with Crippen molar-refractivity contribution in [1.82, 2.24) is 10.6 Å². The van der Waals surface area contributed by atoms with E-state index in [1.165, 1.54) is 18.2 Å². The molecule has 6 nitrogen and oxygen atoms in total. The van der Waals surface area contributed by atoms with Crippen LogP contribution < -0.4 is 10.6 Å². The molecule has 7 heteroatoms. The molecule has 3 fully saturated rings. The van der Waals surface area contributed by atoms with Gasteiger partial charge in [-0.2, -0.15) is 0 Å². The highest BCUT2D eigenvalue weighted by Gasteiger charge is 2.51. The molecular formula is C19H26N2O4S. The molecule has 142 valence electrons. The zero-order chi connectivity index (χ0) is 17.9. The van der Waals surface area contributed by atoms with E-state index in [9.17, 15) is 9.90 Å². The van der Waals surface area contributed by atoms with Gasteiger partial charge in [0.05, 0.1) is 24.0 Å². The van der Waals surface area contributed by atoms with E-state index in [1.807, 2.05) is 30.3 Å². The van der Waals surface area contributed by atoms with Gasteiger partial charge in [-0.05, 0) is 25.0 Å². The molecule has 4 rings (SSSR count). The number of carbonyl (C=O) groups excluding carboxylic acids is 1. The fraction of sp³-hybridized carbons (Fsp3) is 0.632. The van der Waals surface area contributed by atoms with Gasteiger partial charge >= 0.3 is 6.03 Å². The Morgan fingerprint density at radius 1 is 1.12 bits per heavy atom. The summed E-state index contributed by atoms with van der Waals surface area (Å²) >= 11 is 1.53. The maximum atomic E-state index is 12.4. The highest BCUT2D eigenvalue weighted by Crippen LogP contribution is 2.38. The third-order valence-electron chi connectivity index (χ3n) is 5.36. The van der Waals surface area contributed by atoms with Crippen LogP contribution in [0.5, 0.6) is 0 Å². The summed E-state index contributed by atoms with van der Waals surface area (Å²) in [5, 5.41) is 16.6. The number of aliphatic hydroxyl groups excluding tert-OH is 1. The summed E-state index contributed by atoms with van der Waals surface area (Å²) < 4.78 is 11.6. The maximum absolute atomic E-state index is 12.4. The van der Waals surface area contributed by atoms with Gasteiger partial charge in [0.25, 0.3) is 0 Å². The molecule has 3 aliphatic rings. The summed E-state index contributed by atoms with van der Waals surface area (Å²) in [6, 6.07) is 9.41. The lowest BCUT2D eigenvalue weighted by Gasteiger charge is -2.38. The zero-order valence-corrected chi connectivity index (χ0v) is 15.5. The Hall–Kier alpha value is -1.28. The number of thioether (sulfide) groups is 1. The smallest absolute Gasteiger partial charge is 0.315 e. The van der Waals surface area contributed by atoms with Crippen LogP contribution in [0.4, 0.5) is 4.79 Å². The third kappa shape index (κ3) is 4.01. The number of aliphatic hydroxyl groups is 1. The van der Waals surface area contributed by atoms with Crippen LogP contribution >= 0.6 is 11.8 Å². The van der Waals surface area contributed by atoms with E-state index in [0.717, 1.165) is 30.6 Å². The second-order valence-electron chi connectivity index (χ2n) is 7.24. The number of ether oxygens (including phenoxy) is 2. The van der Waals surface area contributed by atoms with Gasteiger partial charge in [0.15, 0.2) is 6.29 Å². The second kappa shape index (κ2) is 8.17. The summed E-state index contributed by atoms with van der Waals surface area (Å²) in [5.74, 6) is 0. The molecule has 5 atom stereocenters. The first-order valence-electron chi connectivity index (χ1n) is 9.44. The van der Waals surface area contributed by atoms with E-state index in [1.54, 1.807) is 0 Å². The van der Waals surface area contributed by atoms with E-state index < -0.39 is 18.4 Å². The number of benzene rings is 1. The zero-order valence-electron chi connectivity index (χ0n) is 14.7. The first-order chi connectivity index (χ1) is 12.7.